The number of allylic oxidation sites excluding steroid dienone is 2. The Kier molecular flexibility index (Phi) is 3.09. The number of nitrogens with one attached hydrogen (secondary N) is 2. The average Bonchev–Trinajstić information content (AvgIpc) is 3.02. The maximum atomic E-state index is 13.6. The molecule has 0 spiro atoms. The molecule has 1 aromatic carbocycles. The summed E-state index contributed by atoms with van der Waals surface area (Å²) in [7, 11) is 1.74. The third kappa shape index (κ3) is 2.03. The van der Waals surface area contributed by atoms with Gasteiger partial charge in [-0.2, -0.15) is 0 Å². The van der Waals surface area contributed by atoms with Gasteiger partial charge in [-0.25, -0.2) is 4.39 Å². The largest absolute Gasteiger partial charge is 0.343 e. The lowest BCUT2D eigenvalue weighted by Gasteiger charge is -2.26. The van der Waals surface area contributed by atoms with E-state index in [0.717, 1.165) is 11.3 Å². The minimum absolute atomic E-state index is 0.0341. The zero-order valence-electron chi connectivity index (χ0n) is 12.2. The fraction of sp³-hybridized carbons (Fsp3) is 0.250. The van der Waals surface area contributed by atoms with E-state index in [1.807, 2.05) is 0 Å². The van der Waals surface area contributed by atoms with Crippen LogP contribution in [0, 0.1) is 5.82 Å². The van der Waals surface area contributed by atoms with Gasteiger partial charge in [-0.1, -0.05) is 6.07 Å². The standard InChI is InChI=1S/C16H13BrFN3O2/c1-21-15-14(16(23)20-21)12(7-2-3-9(18)8(17)6-7)13-10(19-15)4-5-11(13)22/h2-3,6,12,19H,4-5H2,1H3,(H,20,23)/t12-/m1/s1. The van der Waals surface area contributed by atoms with Gasteiger partial charge in [0.25, 0.3) is 5.56 Å². The number of anilines is 1. The van der Waals surface area contributed by atoms with E-state index in [4.69, 9.17) is 0 Å². The van der Waals surface area contributed by atoms with Crippen molar-refractivity contribution in [3.63, 3.8) is 0 Å². The second-order valence-electron chi connectivity index (χ2n) is 5.81. The summed E-state index contributed by atoms with van der Waals surface area (Å²) < 4.78 is 15.5. The summed E-state index contributed by atoms with van der Waals surface area (Å²) in [6.07, 6.45) is 1.06. The molecular weight excluding hydrogens is 365 g/mol. The van der Waals surface area contributed by atoms with Crippen LogP contribution in [0.1, 0.15) is 29.9 Å². The van der Waals surface area contributed by atoms with Gasteiger partial charge in [-0.3, -0.25) is 19.4 Å². The van der Waals surface area contributed by atoms with E-state index >= 15 is 0 Å². The van der Waals surface area contributed by atoms with Crippen molar-refractivity contribution in [3.8, 4) is 0 Å². The zero-order valence-corrected chi connectivity index (χ0v) is 13.8. The lowest BCUT2D eigenvalue weighted by Crippen LogP contribution is -2.23. The van der Waals surface area contributed by atoms with Gasteiger partial charge in [-0.15, -0.1) is 0 Å². The van der Waals surface area contributed by atoms with Gasteiger partial charge in [0.15, 0.2) is 5.78 Å². The number of aromatic nitrogens is 2. The average molecular weight is 378 g/mol. The van der Waals surface area contributed by atoms with Crippen molar-refractivity contribution < 1.29 is 9.18 Å². The molecule has 5 nitrogen and oxygen atoms in total. The molecule has 23 heavy (non-hydrogen) atoms. The van der Waals surface area contributed by atoms with Crippen LogP contribution in [0.5, 0.6) is 0 Å². The Morgan fingerprint density at radius 1 is 1.30 bits per heavy atom. The molecule has 1 aromatic heterocycles. The highest BCUT2D eigenvalue weighted by molar-refractivity contribution is 9.10. The maximum Gasteiger partial charge on any atom is 0.270 e. The van der Waals surface area contributed by atoms with Gasteiger partial charge in [0.05, 0.1) is 10.0 Å². The van der Waals surface area contributed by atoms with E-state index in [2.05, 4.69) is 26.3 Å². The number of fused-ring (bicyclic) bond motifs is 1. The predicted molar refractivity (Wildman–Crippen MR) is 86.9 cm³/mol. The van der Waals surface area contributed by atoms with Crippen LogP contribution >= 0.6 is 15.9 Å². The third-order valence-electron chi connectivity index (χ3n) is 4.46. The predicted octanol–water partition coefficient (Wildman–Crippen LogP) is 2.79. The van der Waals surface area contributed by atoms with Gasteiger partial charge in [0.2, 0.25) is 0 Å². The van der Waals surface area contributed by atoms with Gasteiger partial charge in [-0.05, 0) is 40.0 Å². The number of benzene rings is 1. The molecule has 2 N–H and O–H groups in total. The van der Waals surface area contributed by atoms with Crippen LogP contribution in [0.2, 0.25) is 0 Å². The summed E-state index contributed by atoms with van der Waals surface area (Å²) in [5, 5.41) is 5.93. The molecule has 4 rings (SSSR count). The van der Waals surface area contributed by atoms with Crippen LogP contribution in [-0.2, 0) is 11.8 Å². The summed E-state index contributed by atoms with van der Waals surface area (Å²) in [5.74, 6) is -0.157. The molecule has 2 aromatic rings. The van der Waals surface area contributed by atoms with E-state index < -0.39 is 5.92 Å². The third-order valence-corrected chi connectivity index (χ3v) is 5.06. The molecule has 1 atom stereocenters. The first-order chi connectivity index (χ1) is 11.0. The Hall–Kier alpha value is -2.15. The van der Waals surface area contributed by atoms with E-state index in [-0.39, 0.29) is 17.2 Å². The number of Topliss-reactive ketones (excluding diaryl/α,β-unsaturated/α-hetero) is 1. The SMILES string of the molecule is Cn1[nH]c(=O)c2c1NC1=C(C(=O)CC1)[C@H]2c1ccc(F)c(Br)c1. The number of aryl methyl sites for hydroxylation is 1. The summed E-state index contributed by atoms with van der Waals surface area (Å²) in [4.78, 5) is 24.7. The van der Waals surface area contributed by atoms with Crippen molar-refractivity contribution in [2.24, 2.45) is 7.05 Å². The van der Waals surface area contributed by atoms with E-state index in [1.165, 1.54) is 6.07 Å². The molecule has 2 heterocycles. The number of ketones is 1. The lowest BCUT2D eigenvalue weighted by molar-refractivity contribution is -0.115. The van der Waals surface area contributed by atoms with Gasteiger partial charge < -0.3 is 5.32 Å². The first-order valence-corrected chi connectivity index (χ1v) is 8.03. The fourth-order valence-electron chi connectivity index (χ4n) is 3.43. The molecule has 2 aliphatic rings. The van der Waals surface area contributed by atoms with Crippen LogP contribution in [-0.4, -0.2) is 15.6 Å². The Morgan fingerprint density at radius 3 is 2.83 bits per heavy atom. The van der Waals surface area contributed by atoms with E-state index in [9.17, 15) is 14.0 Å². The Bertz CT molecular complexity index is 941. The Morgan fingerprint density at radius 2 is 2.09 bits per heavy atom. The maximum absolute atomic E-state index is 13.6. The van der Waals surface area contributed by atoms with Crippen molar-refractivity contribution in [2.75, 3.05) is 5.32 Å². The molecule has 0 unspecified atom stereocenters. The molecule has 0 fully saturated rings. The first kappa shape index (κ1) is 14.4. The number of carbonyl (C=O) groups excluding carboxylic acids is 1. The van der Waals surface area contributed by atoms with Crippen LogP contribution in [0.4, 0.5) is 10.2 Å². The van der Waals surface area contributed by atoms with E-state index in [1.54, 1.807) is 23.9 Å². The van der Waals surface area contributed by atoms with Crippen LogP contribution in [0.3, 0.4) is 0 Å². The van der Waals surface area contributed by atoms with Crippen molar-refractivity contribution in [3.05, 3.63) is 61.2 Å². The highest BCUT2D eigenvalue weighted by atomic mass is 79.9. The number of rotatable bonds is 1. The molecule has 0 amide bonds. The summed E-state index contributed by atoms with van der Waals surface area (Å²) in [5.41, 5.74) is 2.45. The molecule has 118 valence electrons. The Balaban J connectivity index is 2.00. The topological polar surface area (TPSA) is 66.9 Å². The Labute approximate surface area is 139 Å². The van der Waals surface area contributed by atoms with Gasteiger partial charge >= 0.3 is 0 Å². The molecular formula is C16H13BrFN3O2. The number of carbonyl (C=O) groups is 1. The molecule has 0 radical (unpaired) electrons. The highest BCUT2D eigenvalue weighted by Gasteiger charge is 2.39. The highest BCUT2D eigenvalue weighted by Crippen LogP contribution is 2.45. The number of H-pyrrole nitrogens is 1. The van der Waals surface area contributed by atoms with Crippen molar-refractivity contribution in [1.29, 1.82) is 0 Å². The lowest BCUT2D eigenvalue weighted by atomic mass is 9.82. The number of hydrogen-bond donors (Lipinski definition) is 2. The van der Waals surface area contributed by atoms with Crippen molar-refractivity contribution in [1.82, 2.24) is 9.78 Å². The van der Waals surface area contributed by atoms with Crippen LogP contribution in [0.15, 0.2) is 38.7 Å². The van der Waals surface area contributed by atoms with Gasteiger partial charge in [0, 0.05) is 30.7 Å². The van der Waals surface area contributed by atoms with Crippen molar-refractivity contribution in [2.45, 2.75) is 18.8 Å². The van der Waals surface area contributed by atoms with Gasteiger partial charge in [0.1, 0.15) is 11.6 Å². The summed E-state index contributed by atoms with van der Waals surface area (Å²) >= 11 is 3.18. The van der Waals surface area contributed by atoms with Crippen LogP contribution in [0.25, 0.3) is 0 Å². The second kappa shape index (κ2) is 4.92. The molecule has 0 bridgehead atoms. The second-order valence-corrected chi connectivity index (χ2v) is 6.66. The molecule has 0 saturated carbocycles. The smallest absolute Gasteiger partial charge is 0.270 e. The molecule has 1 aliphatic heterocycles. The number of nitrogens with zero attached hydrogens (tertiary/aromatic N) is 1. The summed E-state index contributed by atoms with van der Waals surface area (Å²) in [6.45, 7) is 0. The molecule has 7 heteroatoms. The molecule has 1 aliphatic carbocycles. The number of hydrogen-bond acceptors (Lipinski definition) is 3. The number of aromatic amines is 1. The monoisotopic (exact) mass is 377 g/mol. The van der Waals surface area contributed by atoms with E-state index in [0.29, 0.717) is 34.3 Å². The van der Waals surface area contributed by atoms with Crippen LogP contribution < -0.4 is 10.9 Å². The fourth-order valence-corrected chi connectivity index (χ4v) is 3.83. The quantitative estimate of drug-likeness (QED) is 0.802. The minimum Gasteiger partial charge on any atom is -0.343 e. The molecule has 0 saturated heterocycles. The zero-order chi connectivity index (χ0) is 16.3. The number of halogens is 2. The summed E-state index contributed by atoms with van der Waals surface area (Å²) in [6, 6.07) is 4.61. The minimum atomic E-state index is -0.474. The first-order valence-electron chi connectivity index (χ1n) is 7.24. The van der Waals surface area contributed by atoms with Crippen molar-refractivity contribution >= 4 is 27.5 Å². The normalized spacial score (nSPS) is 19.6.